The molecule has 0 aromatic heterocycles. The summed E-state index contributed by atoms with van der Waals surface area (Å²) in [4.78, 5) is 25.4. The van der Waals surface area contributed by atoms with Gasteiger partial charge in [-0.05, 0) is 25.8 Å². The van der Waals surface area contributed by atoms with Gasteiger partial charge in [0.1, 0.15) is 0 Å². The molecule has 1 aromatic carbocycles. The van der Waals surface area contributed by atoms with Gasteiger partial charge in [-0.15, -0.1) is 0 Å². The minimum atomic E-state index is -0.989. The summed E-state index contributed by atoms with van der Waals surface area (Å²) in [6.07, 6.45) is 2.21. The van der Waals surface area contributed by atoms with Crippen LogP contribution in [0.1, 0.15) is 31.7 Å². The fraction of sp³-hybridized carbons (Fsp3) is 0.500. The van der Waals surface area contributed by atoms with Gasteiger partial charge in [0.25, 0.3) is 0 Å². The lowest BCUT2D eigenvalue weighted by atomic mass is 10.1. The Balaban J connectivity index is 1.84. The lowest BCUT2D eigenvalue weighted by Crippen LogP contribution is -2.47. The van der Waals surface area contributed by atoms with E-state index in [-0.39, 0.29) is 29.8 Å². The molecule has 0 bridgehead atoms. The number of amides is 2. The highest BCUT2D eigenvalue weighted by molar-refractivity contribution is 5.79. The van der Waals surface area contributed by atoms with E-state index >= 15 is 0 Å². The van der Waals surface area contributed by atoms with E-state index in [2.05, 4.69) is 5.32 Å². The van der Waals surface area contributed by atoms with Gasteiger partial charge < -0.3 is 10.2 Å². The van der Waals surface area contributed by atoms with Crippen LogP contribution in [0.2, 0.25) is 0 Å². The van der Waals surface area contributed by atoms with Crippen LogP contribution >= 0.6 is 0 Å². The highest BCUT2D eigenvalue weighted by Crippen LogP contribution is 2.14. The standard InChI is InChI=1S/C16H20F2N2O2/c1-11(20-8-3-2-7-15(20)22)10-19-14(21)9-12-5-4-6-13(17)16(12)18/h4-6,11H,2-3,7-10H2,1H3,(H,19,21)/t11-/m0/s1. The molecule has 1 fully saturated rings. The molecule has 1 aromatic rings. The van der Waals surface area contributed by atoms with Crippen molar-refractivity contribution in [3.63, 3.8) is 0 Å². The second-order valence-corrected chi connectivity index (χ2v) is 5.59. The number of nitrogens with zero attached hydrogens (tertiary/aromatic N) is 1. The van der Waals surface area contributed by atoms with Crippen molar-refractivity contribution in [1.82, 2.24) is 10.2 Å². The first-order valence-electron chi connectivity index (χ1n) is 7.48. The summed E-state index contributed by atoms with van der Waals surface area (Å²) in [5.74, 6) is -2.24. The maximum atomic E-state index is 13.5. The van der Waals surface area contributed by atoms with Crippen molar-refractivity contribution in [3.05, 3.63) is 35.4 Å². The molecule has 1 N–H and O–H groups in total. The topological polar surface area (TPSA) is 49.4 Å². The number of hydrogen-bond acceptors (Lipinski definition) is 2. The van der Waals surface area contributed by atoms with Gasteiger partial charge in [-0.3, -0.25) is 9.59 Å². The molecule has 4 nitrogen and oxygen atoms in total. The lowest BCUT2D eigenvalue weighted by Gasteiger charge is -2.32. The fourth-order valence-electron chi connectivity index (χ4n) is 2.59. The Hall–Kier alpha value is -1.98. The SMILES string of the molecule is C[C@@H](CNC(=O)Cc1cccc(F)c1F)N1CCCCC1=O. The third-order valence-corrected chi connectivity index (χ3v) is 3.87. The number of hydrogen-bond donors (Lipinski definition) is 1. The van der Waals surface area contributed by atoms with Crippen LogP contribution in [0, 0.1) is 11.6 Å². The van der Waals surface area contributed by atoms with E-state index in [0.717, 1.165) is 18.9 Å². The van der Waals surface area contributed by atoms with Crippen molar-refractivity contribution < 1.29 is 18.4 Å². The van der Waals surface area contributed by atoms with Gasteiger partial charge in [0.05, 0.1) is 6.42 Å². The number of carbonyl (C=O) groups is 2. The van der Waals surface area contributed by atoms with Gasteiger partial charge in [-0.1, -0.05) is 12.1 Å². The summed E-state index contributed by atoms with van der Waals surface area (Å²) in [7, 11) is 0. The number of nitrogens with one attached hydrogen (secondary N) is 1. The van der Waals surface area contributed by atoms with Gasteiger partial charge >= 0.3 is 0 Å². The second-order valence-electron chi connectivity index (χ2n) is 5.59. The molecule has 0 aliphatic carbocycles. The monoisotopic (exact) mass is 310 g/mol. The minimum absolute atomic E-state index is 0.0270. The zero-order valence-electron chi connectivity index (χ0n) is 12.6. The summed E-state index contributed by atoms with van der Waals surface area (Å²) in [6.45, 7) is 2.88. The molecule has 2 rings (SSSR count). The highest BCUT2D eigenvalue weighted by atomic mass is 19.2. The average Bonchev–Trinajstić information content (AvgIpc) is 2.50. The first-order chi connectivity index (χ1) is 10.5. The minimum Gasteiger partial charge on any atom is -0.354 e. The number of halogens is 2. The van der Waals surface area contributed by atoms with Crippen LogP contribution in [0.3, 0.4) is 0 Å². The Kier molecular flexibility index (Phi) is 5.46. The smallest absolute Gasteiger partial charge is 0.224 e. The van der Waals surface area contributed by atoms with E-state index in [1.54, 1.807) is 4.90 Å². The molecule has 1 aliphatic rings. The zero-order chi connectivity index (χ0) is 16.1. The molecule has 120 valence electrons. The first-order valence-corrected chi connectivity index (χ1v) is 7.48. The Morgan fingerprint density at radius 2 is 2.14 bits per heavy atom. The third-order valence-electron chi connectivity index (χ3n) is 3.87. The predicted octanol–water partition coefficient (Wildman–Crippen LogP) is 2.02. The van der Waals surface area contributed by atoms with Crippen molar-refractivity contribution in [3.8, 4) is 0 Å². The predicted molar refractivity (Wildman–Crippen MR) is 78.1 cm³/mol. The molecule has 1 atom stereocenters. The molecule has 0 saturated carbocycles. The van der Waals surface area contributed by atoms with Crippen molar-refractivity contribution in [2.75, 3.05) is 13.1 Å². The normalized spacial score (nSPS) is 16.5. The molecule has 1 heterocycles. The van der Waals surface area contributed by atoms with E-state index in [1.807, 2.05) is 6.92 Å². The number of likely N-dealkylation sites (tertiary alicyclic amines) is 1. The van der Waals surface area contributed by atoms with Crippen LogP contribution in [-0.2, 0) is 16.0 Å². The number of benzene rings is 1. The van der Waals surface area contributed by atoms with E-state index in [9.17, 15) is 18.4 Å². The first kappa shape index (κ1) is 16.4. The van der Waals surface area contributed by atoms with E-state index in [1.165, 1.54) is 12.1 Å². The van der Waals surface area contributed by atoms with Gasteiger partial charge in [0.15, 0.2) is 11.6 Å². The van der Waals surface area contributed by atoms with Crippen LogP contribution in [0.15, 0.2) is 18.2 Å². The quantitative estimate of drug-likeness (QED) is 0.904. The number of piperidine rings is 1. The van der Waals surface area contributed by atoms with Gasteiger partial charge in [0, 0.05) is 31.1 Å². The molecule has 0 spiro atoms. The molecular weight excluding hydrogens is 290 g/mol. The molecule has 1 aliphatic heterocycles. The number of carbonyl (C=O) groups excluding carboxylic acids is 2. The van der Waals surface area contributed by atoms with E-state index in [4.69, 9.17) is 0 Å². The van der Waals surface area contributed by atoms with Crippen LogP contribution in [0.5, 0.6) is 0 Å². The average molecular weight is 310 g/mol. The summed E-state index contributed by atoms with van der Waals surface area (Å²) in [5.41, 5.74) is 0.0270. The summed E-state index contributed by atoms with van der Waals surface area (Å²) in [5, 5.41) is 2.67. The summed E-state index contributed by atoms with van der Waals surface area (Å²) >= 11 is 0. The van der Waals surface area contributed by atoms with Crippen molar-refractivity contribution in [1.29, 1.82) is 0 Å². The van der Waals surface area contributed by atoms with E-state index in [0.29, 0.717) is 19.5 Å². The Morgan fingerprint density at radius 3 is 2.86 bits per heavy atom. The Bertz CT molecular complexity index is 563. The van der Waals surface area contributed by atoms with Gasteiger partial charge in [0.2, 0.25) is 11.8 Å². The molecular formula is C16H20F2N2O2. The molecule has 1 saturated heterocycles. The largest absolute Gasteiger partial charge is 0.354 e. The van der Waals surface area contributed by atoms with Crippen LogP contribution in [0.4, 0.5) is 8.78 Å². The molecule has 0 radical (unpaired) electrons. The van der Waals surface area contributed by atoms with Gasteiger partial charge in [-0.25, -0.2) is 8.78 Å². The number of rotatable bonds is 5. The third kappa shape index (κ3) is 4.02. The summed E-state index contributed by atoms with van der Waals surface area (Å²) < 4.78 is 26.6. The van der Waals surface area contributed by atoms with Crippen LogP contribution in [0.25, 0.3) is 0 Å². The molecule has 6 heteroatoms. The maximum Gasteiger partial charge on any atom is 0.224 e. The van der Waals surface area contributed by atoms with Crippen LogP contribution < -0.4 is 5.32 Å². The molecule has 22 heavy (non-hydrogen) atoms. The lowest BCUT2D eigenvalue weighted by molar-refractivity contribution is -0.135. The molecule has 0 unspecified atom stereocenters. The van der Waals surface area contributed by atoms with Crippen LogP contribution in [-0.4, -0.2) is 35.8 Å². The highest BCUT2D eigenvalue weighted by Gasteiger charge is 2.23. The fourth-order valence-corrected chi connectivity index (χ4v) is 2.59. The Labute approximate surface area is 128 Å². The van der Waals surface area contributed by atoms with Crippen molar-refractivity contribution in [2.24, 2.45) is 0 Å². The van der Waals surface area contributed by atoms with Gasteiger partial charge in [-0.2, -0.15) is 0 Å². The van der Waals surface area contributed by atoms with Crippen molar-refractivity contribution in [2.45, 2.75) is 38.6 Å². The zero-order valence-corrected chi connectivity index (χ0v) is 12.6. The Morgan fingerprint density at radius 1 is 1.36 bits per heavy atom. The van der Waals surface area contributed by atoms with Crippen molar-refractivity contribution >= 4 is 11.8 Å². The second kappa shape index (κ2) is 7.33. The molecule has 2 amide bonds. The maximum absolute atomic E-state index is 13.5. The summed E-state index contributed by atoms with van der Waals surface area (Å²) in [6, 6.07) is 3.67. The van der Waals surface area contributed by atoms with E-state index < -0.39 is 11.6 Å².